The molecule has 0 bridgehead atoms. The number of para-hydroxylation sites is 1. The van der Waals surface area contributed by atoms with Crippen LogP contribution in [0, 0.1) is 0 Å². The van der Waals surface area contributed by atoms with E-state index in [1.54, 1.807) is 24.3 Å². The molecule has 0 saturated heterocycles. The second kappa shape index (κ2) is 5.73. The molecule has 0 saturated carbocycles. The standard InChI is InChI=1S/C20H12BrNO2/c21-16-10-3-4-11-17(16)22-20(24)15-9-5-8-14-18(15)12-6-1-2-7-13(12)19(14)23/h1-11H,(H,22,24). The van der Waals surface area contributed by atoms with Gasteiger partial charge < -0.3 is 5.32 Å². The number of carbonyl (C=O) groups is 2. The quantitative estimate of drug-likeness (QED) is 0.539. The fourth-order valence-electron chi connectivity index (χ4n) is 3.02. The Morgan fingerprint density at radius 1 is 0.792 bits per heavy atom. The van der Waals surface area contributed by atoms with E-state index < -0.39 is 0 Å². The average Bonchev–Trinajstić information content (AvgIpc) is 2.90. The fraction of sp³-hybridized carbons (Fsp3) is 0. The maximum atomic E-state index is 12.8. The van der Waals surface area contributed by atoms with Crippen LogP contribution in [0.5, 0.6) is 0 Å². The van der Waals surface area contributed by atoms with Crippen molar-refractivity contribution in [2.75, 3.05) is 5.32 Å². The molecule has 116 valence electrons. The van der Waals surface area contributed by atoms with Gasteiger partial charge in [0, 0.05) is 26.7 Å². The van der Waals surface area contributed by atoms with Crippen molar-refractivity contribution in [1.82, 2.24) is 0 Å². The molecule has 0 atom stereocenters. The normalized spacial score (nSPS) is 11.8. The molecule has 0 radical (unpaired) electrons. The summed E-state index contributed by atoms with van der Waals surface area (Å²) in [5, 5.41) is 2.90. The van der Waals surface area contributed by atoms with Crippen molar-refractivity contribution in [3.63, 3.8) is 0 Å². The van der Waals surface area contributed by atoms with E-state index in [9.17, 15) is 9.59 Å². The van der Waals surface area contributed by atoms with E-state index in [2.05, 4.69) is 21.2 Å². The van der Waals surface area contributed by atoms with Crippen molar-refractivity contribution >= 4 is 33.3 Å². The summed E-state index contributed by atoms with van der Waals surface area (Å²) in [6.07, 6.45) is 0. The number of carbonyl (C=O) groups excluding carboxylic acids is 2. The summed E-state index contributed by atoms with van der Waals surface area (Å²) in [6.45, 7) is 0. The Hall–Kier alpha value is -2.72. The second-order valence-corrected chi connectivity index (χ2v) is 6.39. The van der Waals surface area contributed by atoms with Crippen LogP contribution < -0.4 is 5.32 Å². The van der Waals surface area contributed by atoms with Gasteiger partial charge in [-0.15, -0.1) is 0 Å². The van der Waals surface area contributed by atoms with Crippen molar-refractivity contribution < 1.29 is 9.59 Å². The Labute approximate surface area is 147 Å². The fourth-order valence-corrected chi connectivity index (χ4v) is 3.40. The largest absolute Gasteiger partial charge is 0.321 e. The van der Waals surface area contributed by atoms with Crippen molar-refractivity contribution in [3.8, 4) is 11.1 Å². The van der Waals surface area contributed by atoms with E-state index in [0.29, 0.717) is 27.9 Å². The third kappa shape index (κ3) is 2.27. The van der Waals surface area contributed by atoms with Gasteiger partial charge in [0.15, 0.2) is 5.78 Å². The molecule has 3 aromatic rings. The van der Waals surface area contributed by atoms with Gasteiger partial charge in [0.1, 0.15) is 0 Å². The molecular weight excluding hydrogens is 366 g/mol. The smallest absolute Gasteiger partial charge is 0.256 e. The number of rotatable bonds is 2. The van der Waals surface area contributed by atoms with Gasteiger partial charge in [-0.25, -0.2) is 0 Å². The zero-order valence-electron chi connectivity index (χ0n) is 12.5. The van der Waals surface area contributed by atoms with E-state index in [1.807, 2.05) is 42.5 Å². The summed E-state index contributed by atoms with van der Waals surface area (Å²) in [7, 11) is 0. The Balaban J connectivity index is 1.81. The Morgan fingerprint density at radius 3 is 2.25 bits per heavy atom. The maximum absolute atomic E-state index is 12.8. The predicted octanol–water partition coefficient (Wildman–Crippen LogP) is 4.91. The molecule has 3 aromatic carbocycles. The van der Waals surface area contributed by atoms with Crippen molar-refractivity contribution in [1.29, 1.82) is 0 Å². The zero-order valence-corrected chi connectivity index (χ0v) is 14.1. The number of nitrogens with one attached hydrogen (secondary N) is 1. The monoisotopic (exact) mass is 377 g/mol. The highest BCUT2D eigenvalue weighted by Crippen LogP contribution is 2.39. The Morgan fingerprint density at radius 2 is 1.46 bits per heavy atom. The first kappa shape index (κ1) is 14.8. The SMILES string of the molecule is O=C(Nc1ccccc1Br)c1cccc2c1-c1ccccc1C2=O. The van der Waals surface area contributed by atoms with Gasteiger partial charge in [-0.05, 0) is 39.7 Å². The minimum atomic E-state index is -0.233. The van der Waals surface area contributed by atoms with Gasteiger partial charge in [-0.2, -0.15) is 0 Å². The lowest BCUT2D eigenvalue weighted by molar-refractivity contribution is 0.102. The van der Waals surface area contributed by atoms with Crippen LogP contribution in [0.4, 0.5) is 5.69 Å². The van der Waals surface area contributed by atoms with Crippen LogP contribution in [0.25, 0.3) is 11.1 Å². The molecule has 0 spiro atoms. The molecule has 0 heterocycles. The van der Waals surface area contributed by atoms with Gasteiger partial charge in [0.05, 0.1) is 5.69 Å². The van der Waals surface area contributed by atoms with Crippen LogP contribution in [0.1, 0.15) is 26.3 Å². The second-order valence-electron chi connectivity index (χ2n) is 5.54. The number of hydrogen-bond acceptors (Lipinski definition) is 2. The first-order valence-electron chi connectivity index (χ1n) is 7.50. The van der Waals surface area contributed by atoms with Crippen LogP contribution in [-0.4, -0.2) is 11.7 Å². The van der Waals surface area contributed by atoms with Gasteiger partial charge in [-0.1, -0.05) is 48.5 Å². The lowest BCUT2D eigenvalue weighted by Crippen LogP contribution is -2.13. The van der Waals surface area contributed by atoms with Crippen molar-refractivity contribution in [2.45, 2.75) is 0 Å². The highest BCUT2D eigenvalue weighted by molar-refractivity contribution is 9.10. The van der Waals surface area contributed by atoms with Crippen LogP contribution in [0.3, 0.4) is 0 Å². The topological polar surface area (TPSA) is 46.2 Å². The van der Waals surface area contributed by atoms with Gasteiger partial charge in [0.25, 0.3) is 5.91 Å². The highest BCUT2D eigenvalue weighted by Gasteiger charge is 2.30. The molecule has 24 heavy (non-hydrogen) atoms. The van der Waals surface area contributed by atoms with Crippen LogP contribution in [-0.2, 0) is 0 Å². The summed E-state index contributed by atoms with van der Waals surface area (Å²) in [4.78, 5) is 25.3. The number of anilines is 1. The molecule has 1 amide bonds. The van der Waals surface area contributed by atoms with E-state index in [0.717, 1.165) is 10.0 Å². The first-order chi connectivity index (χ1) is 11.7. The maximum Gasteiger partial charge on any atom is 0.256 e. The molecule has 3 nitrogen and oxygen atoms in total. The molecule has 1 aliphatic carbocycles. The third-order valence-corrected chi connectivity index (χ3v) is 4.81. The number of benzene rings is 3. The number of hydrogen-bond donors (Lipinski definition) is 1. The molecule has 1 aliphatic rings. The van der Waals surface area contributed by atoms with Crippen LogP contribution in [0.2, 0.25) is 0 Å². The van der Waals surface area contributed by atoms with Crippen molar-refractivity contribution in [3.05, 3.63) is 87.9 Å². The van der Waals surface area contributed by atoms with Crippen LogP contribution in [0.15, 0.2) is 71.2 Å². The summed E-state index contributed by atoms with van der Waals surface area (Å²) < 4.78 is 0.808. The molecule has 4 heteroatoms. The summed E-state index contributed by atoms with van der Waals surface area (Å²) in [6, 6.07) is 20.1. The Bertz CT molecular complexity index is 994. The summed E-state index contributed by atoms with van der Waals surface area (Å²) in [5.41, 5.74) is 3.95. The van der Waals surface area contributed by atoms with Gasteiger partial charge in [0.2, 0.25) is 0 Å². The number of amides is 1. The molecule has 0 unspecified atom stereocenters. The minimum Gasteiger partial charge on any atom is -0.321 e. The molecular formula is C20H12BrNO2. The molecule has 0 aromatic heterocycles. The number of halogens is 1. The third-order valence-electron chi connectivity index (χ3n) is 4.12. The lowest BCUT2D eigenvalue weighted by Gasteiger charge is -2.11. The highest BCUT2D eigenvalue weighted by atomic mass is 79.9. The zero-order chi connectivity index (χ0) is 16.7. The predicted molar refractivity (Wildman–Crippen MR) is 97.4 cm³/mol. The number of ketones is 1. The minimum absolute atomic E-state index is 0.0314. The van der Waals surface area contributed by atoms with E-state index in [1.165, 1.54) is 0 Å². The average molecular weight is 378 g/mol. The summed E-state index contributed by atoms with van der Waals surface area (Å²) in [5.74, 6) is -0.264. The van der Waals surface area contributed by atoms with Crippen molar-refractivity contribution in [2.24, 2.45) is 0 Å². The van der Waals surface area contributed by atoms with E-state index >= 15 is 0 Å². The number of fused-ring (bicyclic) bond motifs is 3. The molecule has 0 aliphatic heterocycles. The van der Waals surface area contributed by atoms with Gasteiger partial charge >= 0.3 is 0 Å². The first-order valence-corrected chi connectivity index (χ1v) is 8.29. The van der Waals surface area contributed by atoms with Crippen LogP contribution >= 0.6 is 15.9 Å². The van der Waals surface area contributed by atoms with E-state index in [4.69, 9.17) is 0 Å². The summed E-state index contributed by atoms with van der Waals surface area (Å²) >= 11 is 3.43. The van der Waals surface area contributed by atoms with E-state index in [-0.39, 0.29) is 11.7 Å². The van der Waals surface area contributed by atoms with Gasteiger partial charge in [-0.3, -0.25) is 9.59 Å². The molecule has 0 fully saturated rings. The molecule has 1 N–H and O–H groups in total. The Kier molecular flexibility index (Phi) is 3.54. The molecule has 4 rings (SSSR count). The lowest BCUT2D eigenvalue weighted by atomic mass is 9.99.